The Kier molecular flexibility index (Phi) is 4.08. The quantitative estimate of drug-likeness (QED) is 0.736. The highest BCUT2D eigenvalue weighted by Crippen LogP contribution is 2.32. The molecule has 0 amide bonds. The van der Waals surface area contributed by atoms with Crippen molar-refractivity contribution in [1.29, 1.82) is 0 Å². The van der Waals surface area contributed by atoms with Crippen molar-refractivity contribution in [3.05, 3.63) is 30.3 Å². The summed E-state index contributed by atoms with van der Waals surface area (Å²) in [6.45, 7) is 2.84. The number of rotatable bonds is 5. The van der Waals surface area contributed by atoms with Crippen molar-refractivity contribution in [1.82, 2.24) is 0 Å². The van der Waals surface area contributed by atoms with Gasteiger partial charge in [-0.05, 0) is 18.6 Å². The Balaban J connectivity index is 1.86. The molecule has 88 valence electrons. The molecule has 1 aromatic carbocycles. The standard InChI is InChI=1S/C13H17ClO2/c1-2-8-15-13-11(14)9-12(13)16-10-6-4-3-5-7-10/h3-7,11-13H,2,8-9H2,1H3. The third-order valence-electron chi connectivity index (χ3n) is 2.73. The van der Waals surface area contributed by atoms with Crippen LogP contribution in [0.1, 0.15) is 19.8 Å². The summed E-state index contributed by atoms with van der Waals surface area (Å²) in [5.41, 5.74) is 0. The molecule has 1 aliphatic rings. The normalized spacial score (nSPS) is 28.5. The largest absolute Gasteiger partial charge is 0.488 e. The van der Waals surface area contributed by atoms with E-state index >= 15 is 0 Å². The fraction of sp³-hybridized carbons (Fsp3) is 0.538. The van der Waals surface area contributed by atoms with Gasteiger partial charge in [0.2, 0.25) is 0 Å². The summed E-state index contributed by atoms with van der Waals surface area (Å²) < 4.78 is 11.5. The molecule has 0 radical (unpaired) electrons. The van der Waals surface area contributed by atoms with Crippen LogP contribution in [-0.2, 0) is 4.74 Å². The lowest BCUT2D eigenvalue weighted by Crippen LogP contribution is -2.52. The summed E-state index contributed by atoms with van der Waals surface area (Å²) in [4.78, 5) is 0. The molecule has 2 nitrogen and oxygen atoms in total. The van der Waals surface area contributed by atoms with E-state index in [0.29, 0.717) is 0 Å². The van der Waals surface area contributed by atoms with Crippen LogP contribution in [0.15, 0.2) is 30.3 Å². The minimum absolute atomic E-state index is 0.0434. The van der Waals surface area contributed by atoms with Crippen LogP contribution in [0.3, 0.4) is 0 Å². The zero-order valence-electron chi connectivity index (χ0n) is 9.43. The Morgan fingerprint density at radius 2 is 2.06 bits per heavy atom. The molecule has 0 saturated heterocycles. The second-order valence-corrected chi connectivity index (χ2v) is 4.62. The summed E-state index contributed by atoms with van der Waals surface area (Å²) >= 11 is 6.11. The highest BCUT2D eigenvalue weighted by molar-refractivity contribution is 6.21. The average molecular weight is 241 g/mol. The third-order valence-corrected chi connectivity index (χ3v) is 3.15. The van der Waals surface area contributed by atoms with Gasteiger partial charge in [0.15, 0.2) is 0 Å². The van der Waals surface area contributed by atoms with Crippen molar-refractivity contribution in [3.8, 4) is 5.75 Å². The van der Waals surface area contributed by atoms with Crippen molar-refractivity contribution >= 4 is 11.6 Å². The van der Waals surface area contributed by atoms with Gasteiger partial charge >= 0.3 is 0 Å². The molecule has 0 aliphatic heterocycles. The zero-order chi connectivity index (χ0) is 11.4. The summed E-state index contributed by atoms with van der Waals surface area (Å²) in [6.07, 6.45) is 2.03. The molecule has 0 bridgehead atoms. The van der Waals surface area contributed by atoms with Gasteiger partial charge in [-0.15, -0.1) is 11.6 Å². The van der Waals surface area contributed by atoms with Crippen LogP contribution >= 0.6 is 11.6 Å². The average Bonchev–Trinajstić information content (AvgIpc) is 2.30. The predicted molar refractivity (Wildman–Crippen MR) is 65.1 cm³/mol. The van der Waals surface area contributed by atoms with Crippen molar-refractivity contribution in [2.24, 2.45) is 0 Å². The molecule has 0 N–H and O–H groups in total. The highest BCUT2D eigenvalue weighted by atomic mass is 35.5. The van der Waals surface area contributed by atoms with Crippen LogP contribution in [0, 0.1) is 0 Å². The summed E-state index contributed by atoms with van der Waals surface area (Å²) in [7, 11) is 0. The monoisotopic (exact) mass is 240 g/mol. The van der Waals surface area contributed by atoms with Gasteiger partial charge in [-0.25, -0.2) is 0 Å². The maximum atomic E-state index is 6.11. The fourth-order valence-corrected chi connectivity index (χ4v) is 2.19. The van der Waals surface area contributed by atoms with Gasteiger partial charge in [0.25, 0.3) is 0 Å². The van der Waals surface area contributed by atoms with Gasteiger partial charge in [-0.2, -0.15) is 0 Å². The molecule has 0 aromatic heterocycles. The second-order valence-electron chi connectivity index (χ2n) is 4.06. The Morgan fingerprint density at radius 1 is 1.31 bits per heavy atom. The molecule has 1 fully saturated rings. The fourth-order valence-electron chi connectivity index (χ4n) is 1.78. The summed E-state index contributed by atoms with van der Waals surface area (Å²) in [5, 5.41) is 0.0975. The molecule has 3 atom stereocenters. The van der Waals surface area contributed by atoms with E-state index in [4.69, 9.17) is 21.1 Å². The van der Waals surface area contributed by atoms with E-state index in [1.807, 2.05) is 30.3 Å². The van der Waals surface area contributed by atoms with Gasteiger partial charge in [-0.3, -0.25) is 0 Å². The smallest absolute Gasteiger partial charge is 0.128 e. The molecule has 16 heavy (non-hydrogen) atoms. The van der Waals surface area contributed by atoms with E-state index in [1.165, 1.54) is 0 Å². The first-order valence-corrected chi connectivity index (χ1v) is 6.22. The predicted octanol–water partition coefficient (Wildman–Crippen LogP) is 3.24. The number of benzene rings is 1. The Bertz CT molecular complexity index is 315. The number of alkyl halides is 1. The first-order valence-electron chi connectivity index (χ1n) is 5.78. The van der Waals surface area contributed by atoms with Crippen LogP contribution in [-0.4, -0.2) is 24.2 Å². The highest BCUT2D eigenvalue weighted by Gasteiger charge is 2.42. The topological polar surface area (TPSA) is 18.5 Å². The summed E-state index contributed by atoms with van der Waals surface area (Å²) in [6, 6.07) is 9.82. The Morgan fingerprint density at radius 3 is 2.69 bits per heavy atom. The lowest BCUT2D eigenvalue weighted by Gasteiger charge is -2.40. The van der Waals surface area contributed by atoms with Gasteiger partial charge in [0.05, 0.1) is 5.38 Å². The molecule has 1 aromatic rings. The minimum atomic E-state index is 0.0434. The van der Waals surface area contributed by atoms with Crippen LogP contribution < -0.4 is 4.74 Å². The van der Waals surface area contributed by atoms with E-state index in [0.717, 1.165) is 25.2 Å². The van der Waals surface area contributed by atoms with Crippen molar-refractivity contribution < 1.29 is 9.47 Å². The van der Waals surface area contributed by atoms with E-state index in [9.17, 15) is 0 Å². The van der Waals surface area contributed by atoms with Crippen LogP contribution in [0.4, 0.5) is 0 Å². The van der Waals surface area contributed by atoms with Crippen molar-refractivity contribution in [3.63, 3.8) is 0 Å². The molecule has 1 aliphatic carbocycles. The molecule has 2 rings (SSSR count). The van der Waals surface area contributed by atoms with Gasteiger partial charge < -0.3 is 9.47 Å². The maximum Gasteiger partial charge on any atom is 0.128 e. The van der Waals surface area contributed by atoms with Crippen molar-refractivity contribution in [2.75, 3.05) is 6.61 Å². The molecule has 3 heteroatoms. The van der Waals surface area contributed by atoms with Crippen molar-refractivity contribution in [2.45, 2.75) is 37.4 Å². The lowest BCUT2D eigenvalue weighted by molar-refractivity contribution is -0.0797. The number of halogens is 1. The van der Waals surface area contributed by atoms with Gasteiger partial charge in [0.1, 0.15) is 18.0 Å². The van der Waals surface area contributed by atoms with E-state index < -0.39 is 0 Å². The number of ether oxygens (including phenoxy) is 2. The van der Waals surface area contributed by atoms with Crippen LogP contribution in [0.5, 0.6) is 5.75 Å². The SMILES string of the molecule is CCCOC1C(Cl)CC1Oc1ccccc1. The first kappa shape index (κ1) is 11.7. The number of hydrogen-bond acceptors (Lipinski definition) is 2. The minimum Gasteiger partial charge on any atom is -0.488 e. The van der Waals surface area contributed by atoms with Gasteiger partial charge in [0, 0.05) is 13.0 Å². The zero-order valence-corrected chi connectivity index (χ0v) is 10.2. The Labute approximate surface area is 102 Å². The summed E-state index contributed by atoms with van der Waals surface area (Å²) in [5.74, 6) is 0.890. The Hall–Kier alpha value is -0.730. The number of para-hydroxylation sites is 1. The molecule has 0 spiro atoms. The third kappa shape index (κ3) is 2.69. The first-order chi connectivity index (χ1) is 7.81. The van der Waals surface area contributed by atoms with E-state index in [1.54, 1.807) is 0 Å². The molecular weight excluding hydrogens is 224 g/mol. The van der Waals surface area contributed by atoms with Crippen LogP contribution in [0.2, 0.25) is 0 Å². The number of hydrogen-bond donors (Lipinski definition) is 0. The van der Waals surface area contributed by atoms with E-state index in [-0.39, 0.29) is 17.6 Å². The molecular formula is C13H17ClO2. The molecule has 1 saturated carbocycles. The maximum absolute atomic E-state index is 6.11. The second kappa shape index (κ2) is 5.55. The van der Waals surface area contributed by atoms with E-state index in [2.05, 4.69) is 6.92 Å². The molecule has 3 unspecified atom stereocenters. The van der Waals surface area contributed by atoms with Crippen LogP contribution in [0.25, 0.3) is 0 Å². The lowest BCUT2D eigenvalue weighted by atomic mass is 9.91. The van der Waals surface area contributed by atoms with Gasteiger partial charge in [-0.1, -0.05) is 25.1 Å². The molecule has 0 heterocycles.